The van der Waals surface area contributed by atoms with E-state index in [0.29, 0.717) is 24.1 Å². The average Bonchev–Trinajstić information content (AvgIpc) is 3.16. The van der Waals surface area contributed by atoms with Crippen molar-refractivity contribution in [3.8, 4) is 0 Å². The summed E-state index contributed by atoms with van der Waals surface area (Å²) in [7, 11) is 1.96. The monoisotopic (exact) mass is 406 g/mol. The van der Waals surface area contributed by atoms with Crippen molar-refractivity contribution in [2.45, 2.75) is 36.8 Å². The number of piperazine rings is 1. The lowest BCUT2D eigenvalue weighted by atomic mass is 10.1. The highest BCUT2D eigenvalue weighted by Crippen LogP contribution is 2.23. The summed E-state index contributed by atoms with van der Waals surface area (Å²) in [6.07, 6.45) is 3.68. The number of nitrogens with one attached hydrogen (secondary N) is 1. The number of hydrogen-bond donors (Lipinski definition) is 1. The lowest BCUT2D eigenvalue weighted by Crippen LogP contribution is -2.57. The summed E-state index contributed by atoms with van der Waals surface area (Å²) in [5.74, 6) is 1.84. The number of nitrogens with zero attached hydrogens (tertiary/aromatic N) is 3. The molecule has 0 spiro atoms. The van der Waals surface area contributed by atoms with Gasteiger partial charge in [-0.05, 0) is 26.0 Å². The van der Waals surface area contributed by atoms with E-state index in [2.05, 4.69) is 24.1 Å². The summed E-state index contributed by atoms with van der Waals surface area (Å²) in [6.45, 7) is 5.69. The third-order valence-electron chi connectivity index (χ3n) is 4.29. The van der Waals surface area contributed by atoms with Gasteiger partial charge in [-0.3, -0.25) is 4.79 Å². The van der Waals surface area contributed by atoms with E-state index in [9.17, 15) is 4.79 Å². The number of amides is 1. The van der Waals surface area contributed by atoms with Gasteiger partial charge in [-0.15, -0.1) is 24.8 Å². The first-order valence-corrected chi connectivity index (χ1v) is 8.78. The van der Waals surface area contributed by atoms with Crippen molar-refractivity contribution in [2.75, 3.05) is 13.1 Å². The van der Waals surface area contributed by atoms with Gasteiger partial charge in [0, 0.05) is 44.6 Å². The molecule has 140 valence electrons. The van der Waals surface area contributed by atoms with Crippen LogP contribution in [-0.4, -0.2) is 45.5 Å². The van der Waals surface area contributed by atoms with E-state index in [4.69, 9.17) is 4.42 Å². The van der Waals surface area contributed by atoms with E-state index >= 15 is 0 Å². The van der Waals surface area contributed by atoms with Crippen molar-refractivity contribution >= 4 is 42.5 Å². The Morgan fingerprint density at radius 2 is 2.16 bits per heavy atom. The zero-order valence-electron chi connectivity index (χ0n) is 14.5. The molecule has 0 radical (unpaired) electrons. The van der Waals surface area contributed by atoms with Gasteiger partial charge in [0.2, 0.25) is 0 Å². The summed E-state index contributed by atoms with van der Waals surface area (Å²) in [6, 6.07) is 4.10. The zero-order chi connectivity index (χ0) is 16.4. The number of rotatable bonds is 4. The summed E-state index contributed by atoms with van der Waals surface area (Å²) in [4.78, 5) is 18.8. The molecule has 9 heteroatoms. The molecule has 3 rings (SSSR count). The van der Waals surface area contributed by atoms with E-state index in [-0.39, 0.29) is 36.8 Å². The van der Waals surface area contributed by atoms with Crippen LogP contribution >= 0.6 is 36.6 Å². The average molecular weight is 407 g/mol. The molecule has 1 amide bonds. The molecular formula is C16H24Cl2N4O2S. The minimum atomic E-state index is -0.0286. The lowest BCUT2D eigenvalue weighted by Gasteiger charge is -2.38. The Kier molecular flexibility index (Phi) is 8.34. The fourth-order valence-electron chi connectivity index (χ4n) is 2.68. The molecular weight excluding hydrogens is 383 g/mol. The first kappa shape index (κ1) is 21.9. The predicted octanol–water partition coefficient (Wildman–Crippen LogP) is 2.97. The maximum Gasteiger partial charge on any atom is 0.289 e. The minimum Gasteiger partial charge on any atom is -0.455 e. The normalized spacial score (nSPS) is 19.9. The highest BCUT2D eigenvalue weighted by molar-refractivity contribution is 7.98. The molecule has 0 bridgehead atoms. The molecule has 2 aromatic heterocycles. The highest BCUT2D eigenvalue weighted by Gasteiger charge is 2.30. The van der Waals surface area contributed by atoms with Gasteiger partial charge in [0.1, 0.15) is 5.76 Å². The number of aromatic nitrogens is 2. The number of hydrogen-bond acceptors (Lipinski definition) is 5. The third-order valence-corrected chi connectivity index (χ3v) is 5.37. The Morgan fingerprint density at radius 1 is 1.40 bits per heavy atom. The molecule has 1 fully saturated rings. The van der Waals surface area contributed by atoms with Crippen molar-refractivity contribution in [3.05, 3.63) is 36.0 Å². The first-order chi connectivity index (χ1) is 11.1. The molecule has 1 saturated heterocycles. The van der Waals surface area contributed by atoms with Crippen LogP contribution in [0, 0.1) is 0 Å². The number of carbonyl (C=O) groups is 1. The summed E-state index contributed by atoms with van der Waals surface area (Å²) < 4.78 is 7.71. The molecule has 6 nitrogen and oxygen atoms in total. The predicted molar refractivity (Wildman–Crippen MR) is 104 cm³/mol. The van der Waals surface area contributed by atoms with Crippen LogP contribution in [0.15, 0.2) is 34.1 Å². The molecule has 25 heavy (non-hydrogen) atoms. The number of furan rings is 1. The third kappa shape index (κ3) is 4.94. The number of aryl methyl sites for hydroxylation is 1. The molecule has 2 atom stereocenters. The van der Waals surface area contributed by atoms with Crippen LogP contribution in [0.5, 0.6) is 0 Å². The number of thioether (sulfide) groups is 1. The van der Waals surface area contributed by atoms with Crippen LogP contribution in [0.4, 0.5) is 0 Å². The lowest BCUT2D eigenvalue weighted by molar-refractivity contribution is 0.0569. The smallest absolute Gasteiger partial charge is 0.289 e. The van der Waals surface area contributed by atoms with Crippen LogP contribution in [0.1, 0.15) is 30.2 Å². The van der Waals surface area contributed by atoms with E-state index in [1.807, 2.05) is 28.8 Å². The Balaban J connectivity index is 0.00000156. The van der Waals surface area contributed by atoms with Crippen LogP contribution < -0.4 is 5.32 Å². The summed E-state index contributed by atoms with van der Waals surface area (Å²) in [5.41, 5.74) is 0. The van der Waals surface area contributed by atoms with E-state index in [0.717, 1.165) is 17.5 Å². The van der Waals surface area contributed by atoms with Crippen molar-refractivity contribution in [1.82, 2.24) is 19.8 Å². The van der Waals surface area contributed by atoms with Crippen molar-refractivity contribution in [3.63, 3.8) is 0 Å². The maximum absolute atomic E-state index is 12.6. The van der Waals surface area contributed by atoms with Crippen LogP contribution in [0.25, 0.3) is 0 Å². The standard InChI is InChI=1S/C16H22N4O2S.2ClH/c1-11-12(2)20(9-7-17-11)15(21)14-5-4-13(22-14)10-23-16-18-6-8-19(16)3;;/h4-6,8,11-12,17H,7,9-10H2,1-3H3;2*1H. The Morgan fingerprint density at radius 3 is 2.84 bits per heavy atom. The van der Waals surface area contributed by atoms with Crippen LogP contribution in [-0.2, 0) is 12.8 Å². The summed E-state index contributed by atoms with van der Waals surface area (Å²) >= 11 is 1.59. The topological polar surface area (TPSA) is 63.3 Å². The van der Waals surface area contributed by atoms with E-state index in [1.165, 1.54) is 0 Å². The molecule has 1 aliphatic rings. The number of halogens is 2. The van der Waals surface area contributed by atoms with Crippen molar-refractivity contribution < 1.29 is 9.21 Å². The molecule has 1 aliphatic heterocycles. The van der Waals surface area contributed by atoms with Gasteiger partial charge in [0.15, 0.2) is 10.9 Å². The SMILES string of the molecule is CC1NCCN(C(=O)c2ccc(CSc3nccn3C)o2)C1C.Cl.Cl. The van der Waals surface area contributed by atoms with Gasteiger partial charge in [0.25, 0.3) is 5.91 Å². The molecule has 0 saturated carbocycles. The van der Waals surface area contributed by atoms with Gasteiger partial charge < -0.3 is 19.2 Å². The maximum atomic E-state index is 12.6. The number of carbonyl (C=O) groups excluding carboxylic acids is 1. The summed E-state index contributed by atoms with van der Waals surface area (Å²) in [5, 5.41) is 4.31. The first-order valence-electron chi connectivity index (χ1n) is 7.79. The Bertz CT molecular complexity index is 691. The molecule has 3 heterocycles. The van der Waals surface area contributed by atoms with E-state index < -0.39 is 0 Å². The largest absolute Gasteiger partial charge is 0.455 e. The highest BCUT2D eigenvalue weighted by atomic mass is 35.5. The van der Waals surface area contributed by atoms with Gasteiger partial charge in [-0.1, -0.05) is 11.8 Å². The Labute approximate surface area is 164 Å². The molecule has 1 N–H and O–H groups in total. The Hall–Kier alpha value is -1.15. The quantitative estimate of drug-likeness (QED) is 0.790. The fraction of sp³-hybridized carbons (Fsp3) is 0.500. The molecule has 0 aromatic carbocycles. The molecule has 2 unspecified atom stereocenters. The zero-order valence-corrected chi connectivity index (χ0v) is 16.9. The number of imidazole rings is 1. The molecule has 0 aliphatic carbocycles. The second-order valence-electron chi connectivity index (χ2n) is 5.86. The van der Waals surface area contributed by atoms with E-state index in [1.54, 1.807) is 24.0 Å². The van der Waals surface area contributed by atoms with Crippen LogP contribution in [0.3, 0.4) is 0 Å². The van der Waals surface area contributed by atoms with Crippen molar-refractivity contribution in [1.29, 1.82) is 0 Å². The minimum absolute atomic E-state index is 0. The van der Waals surface area contributed by atoms with Gasteiger partial charge in [0.05, 0.1) is 5.75 Å². The van der Waals surface area contributed by atoms with Crippen LogP contribution in [0.2, 0.25) is 0 Å². The molecule has 2 aromatic rings. The van der Waals surface area contributed by atoms with Gasteiger partial charge in [-0.2, -0.15) is 0 Å². The van der Waals surface area contributed by atoms with Gasteiger partial charge in [-0.25, -0.2) is 4.98 Å². The second-order valence-corrected chi connectivity index (χ2v) is 6.80. The van der Waals surface area contributed by atoms with Gasteiger partial charge >= 0.3 is 0 Å². The van der Waals surface area contributed by atoms with Crippen molar-refractivity contribution in [2.24, 2.45) is 7.05 Å². The second kappa shape index (κ2) is 9.52. The fourth-order valence-corrected chi connectivity index (χ4v) is 3.51.